The van der Waals surface area contributed by atoms with Crippen LogP contribution in [0.25, 0.3) is 0 Å². The first kappa shape index (κ1) is 21.4. The molecule has 9 heteroatoms. The summed E-state index contributed by atoms with van der Waals surface area (Å²) < 4.78 is 0. The van der Waals surface area contributed by atoms with Crippen LogP contribution >= 0.6 is 35.5 Å². The van der Waals surface area contributed by atoms with Gasteiger partial charge in [0, 0.05) is 18.1 Å². The van der Waals surface area contributed by atoms with Crippen LogP contribution in [0.3, 0.4) is 0 Å². The van der Waals surface area contributed by atoms with Gasteiger partial charge in [0.05, 0.1) is 5.69 Å². The van der Waals surface area contributed by atoms with E-state index in [1.54, 1.807) is 0 Å². The number of amides is 2. The summed E-state index contributed by atoms with van der Waals surface area (Å²) in [7, 11) is 0. The predicted octanol–water partition coefficient (Wildman–Crippen LogP) is 3.17. The number of nitrogens with one attached hydrogen (secondary N) is 2. The Labute approximate surface area is 161 Å². The first-order valence-electron chi connectivity index (χ1n) is 7.50. The monoisotopic (exact) mass is 400 g/mol. The van der Waals surface area contributed by atoms with Crippen molar-refractivity contribution >= 4 is 51.8 Å². The summed E-state index contributed by atoms with van der Waals surface area (Å²) in [5.74, 6) is 5.63. The van der Waals surface area contributed by atoms with Gasteiger partial charge in [-0.1, -0.05) is 36.0 Å². The number of carbonyl (C=O) groups excluding carboxylic acids is 2. The van der Waals surface area contributed by atoms with E-state index >= 15 is 0 Å². The minimum Gasteiger partial charge on any atom is -0.302 e. The molecule has 1 aromatic heterocycles. The number of thiazole rings is 1. The minimum atomic E-state index is -0.214. The molecule has 4 N–H and O–H groups in total. The fraction of sp³-hybridized carbons (Fsp3) is 0.312. The Kier molecular flexibility index (Phi) is 9.51. The SMILES string of the molecule is CC(=O)Nc1nc(CCc2ccc(CCSC(=O)NN)cc2)cs1.Cl. The zero-order chi connectivity index (χ0) is 17.4. The summed E-state index contributed by atoms with van der Waals surface area (Å²) in [4.78, 5) is 26.4. The van der Waals surface area contributed by atoms with Crippen molar-refractivity contribution in [1.29, 1.82) is 0 Å². The molecule has 0 saturated carbocycles. The highest BCUT2D eigenvalue weighted by atomic mass is 35.5. The first-order valence-corrected chi connectivity index (χ1v) is 9.36. The highest BCUT2D eigenvalue weighted by Crippen LogP contribution is 2.17. The van der Waals surface area contributed by atoms with E-state index in [4.69, 9.17) is 5.84 Å². The molecule has 0 saturated heterocycles. The van der Waals surface area contributed by atoms with E-state index in [2.05, 4.69) is 40.0 Å². The number of carbonyl (C=O) groups is 2. The average Bonchev–Trinajstić information content (AvgIpc) is 3.00. The molecule has 25 heavy (non-hydrogen) atoms. The maximum atomic E-state index is 11.0. The quantitative estimate of drug-likeness (QED) is 0.376. The molecule has 0 aliphatic heterocycles. The largest absolute Gasteiger partial charge is 0.302 e. The second-order valence-corrected chi connectivity index (χ2v) is 7.10. The van der Waals surface area contributed by atoms with Crippen molar-refractivity contribution in [3.63, 3.8) is 0 Å². The molecule has 0 aliphatic rings. The Bertz CT molecular complexity index is 692. The van der Waals surface area contributed by atoms with Crippen LogP contribution in [0.1, 0.15) is 23.7 Å². The average molecular weight is 401 g/mol. The fourth-order valence-electron chi connectivity index (χ4n) is 2.08. The molecule has 1 heterocycles. The molecule has 0 radical (unpaired) electrons. The summed E-state index contributed by atoms with van der Waals surface area (Å²) in [6.07, 6.45) is 2.56. The van der Waals surface area contributed by atoms with Crippen molar-refractivity contribution in [2.75, 3.05) is 11.1 Å². The van der Waals surface area contributed by atoms with Crippen LogP contribution in [0.2, 0.25) is 0 Å². The highest BCUT2D eigenvalue weighted by molar-refractivity contribution is 8.13. The molecule has 6 nitrogen and oxygen atoms in total. The maximum Gasteiger partial charge on any atom is 0.292 e. The number of thioether (sulfide) groups is 1. The van der Waals surface area contributed by atoms with Crippen molar-refractivity contribution in [3.05, 3.63) is 46.5 Å². The molecule has 2 rings (SSSR count). The lowest BCUT2D eigenvalue weighted by molar-refractivity contribution is -0.114. The molecule has 2 aromatic rings. The van der Waals surface area contributed by atoms with Crippen LogP contribution in [0.15, 0.2) is 29.6 Å². The van der Waals surface area contributed by atoms with Crippen LogP contribution < -0.4 is 16.6 Å². The van der Waals surface area contributed by atoms with E-state index in [0.717, 1.165) is 25.0 Å². The number of benzene rings is 1. The molecular weight excluding hydrogens is 380 g/mol. The second-order valence-electron chi connectivity index (χ2n) is 5.17. The number of nitrogens with two attached hydrogens (primary N) is 1. The molecule has 0 fully saturated rings. The summed E-state index contributed by atoms with van der Waals surface area (Å²) >= 11 is 2.62. The molecule has 2 amide bonds. The zero-order valence-electron chi connectivity index (χ0n) is 13.8. The third kappa shape index (κ3) is 7.87. The van der Waals surface area contributed by atoms with E-state index < -0.39 is 0 Å². The second kappa shape index (κ2) is 11.1. The number of halogens is 1. The predicted molar refractivity (Wildman–Crippen MR) is 106 cm³/mol. The van der Waals surface area contributed by atoms with Gasteiger partial charge in [-0.25, -0.2) is 10.8 Å². The Morgan fingerprint density at radius 2 is 1.80 bits per heavy atom. The summed E-state index contributed by atoms with van der Waals surface area (Å²) in [6.45, 7) is 1.48. The summed E-state index contributed by atoms with van der Waals surface area (Å²) in [5.41, 5.74) is 5.51. The molecule has 1 aromatic carbocycles. The topological polar surface area (TPSA) is 97.1 Å². The lowest BCUT2D eigenvalue weighted by atomic mass is 10.1. The number of hydrazine groups is 1. The van der Waals surface area contributed by atoms with Crippen molar-refractivity contribution in [2.24, 2.45) is 5.84 Å². The van der Waals surface area contributed by atoms with E-state index in [1.807, 2.05) is 5.38 Å². The molecular formula is C16H21ClN4O2S2. The Morgan fingerprint density at radius 1 is 1.16 bits per heavy atom. The van der Waals surface area contributed by atoms with Crippen LogP contribution in [0.5, 0.6) is 0 Å². The molecule has 0 atom stereocenters. The van der Waals surface area contributed by atoms with Gasteiger partial charge in [-0.05, 0) is 30.4 Å². The third-order valence-electron chi connectivity index (χ3n) is 3.27. The van der Waals surface area contributed by atoms with Gasteiger partial charge in [0.2, 0.25) is 5.91 Å². The van der Waals surface area contributed by atoms with E-state index in [1.165, 1.54) is 41.1 Å². The van der Waals surface area contributed by atoms with Crippen molar-refractivity contribution in [3.8, 4) is 0 Å². The Balaban J connectivity index is 0.00000312. The highest BCUT2D eigenvalue weighted by Gasteiger charge is 2.04. The number of nitrogens with zero attached hydrogens (tertiary/aromatic N) is 1. The van der Waals surface area contributed by atoms with Gasteiger partial charge in [-0.15, -0.1) is 23.7 Å². The smallest absolute Gasteiger partial charge is 0.292 e. The minimum absolute atomic E-state index is 0. The lowest BCUT2D eigenvalue weighted by Crippen LogP contribution is -2.26. The van der Waals surface area contributed by atoms with Crippen molar-refractivity contribution in [2.45, 2.75) is 26.2 Å². The van der Waals surface area contributed by atoms with Gasteiger partial charge in [0.25, 0.3) is 5.24 Å². The van der Waals surface area contributed by atoms with Crippen LogP contribution in [-0.4, -0.2) is 21.9 Å². The maximum absolute atomic E-state index is 11.0. The molecule has 0 unspecified atom stereocenters. The van der Waals surface area contributed by atoms with Gasteiger partial charge < -0.3 is 5.32 Å². The zero-order valence-corrected chi connectivity index (χ0v) is 16.2. The summed E-state index contributed by atoms with van der Waals surface area (Å²) in [6, 6.07) is 8.37. The van der Waals surface area contributed by atoms with Crippen molar-refractivity contribution < 1.29 is 9.59 Å². The first-order chi connectivity index (χ1) is 11.6. The van der Waals surface area contributed by atoms with Gasteiger partial charge in [0.1, 0.15) is 0 Å². The van der Waals surface area contributed by atoms with Gasteiger partial charge in [0.15, 0.2) is 5.13 Å². The Hall–Kier alpha value is -1.61. The van der Waals surface area contributed by atoms with Gasteiger partial charge in [-0.3, -0.25) is 15.0 Å². The van der Waals surface area contributed by atoms with E-state index in [-0.39, 0.29) is 23.6 Å². The van der Waals surface area contributed by atoms with E-state index in [0.29, 0.717) is 10.9 Å². The molecule has 0 bridgehead atoms. The lowest BCUT2D eigenvalue weighted by Gasteiger charge is -2.04. The Morgan fingerprint density at radius 3 is 2.40 bits per heavy atom. The van der Waals surface area contributed by atoms with Crippen LogP contribution in [0.4, 0.5) is 9.93 Å². The van der Waals surface area contributed by atoms with Gasteiger partial charge >= 0.3 is 0 Å². The number of aromatic nitrogens is 1. The number of hydrogen-bond donors (Lipinski definition) is 3. The molecule has 0 aliphatic carbocycles. The number of hydrogen-bond acceptors (Lipinski definition) is 6. The fourth-order valence-corrected chi connectivity index (χ4v) is 3.48. The number of anilines is 1. The normalized spacial score (nSPS) is 10.0. The summed E-state index contributed by atoms with van der Waals surface area (Å²) in [5, 5.41) is 5.10. The van der Waals surface area contributed by atoms with Crippen molar-refractivity contribution in [1.82, 2.24) is 10.4 Å². The molecule has 136 valence electrons. The number of aryl methyl sites for hydroxylation is 3. The van der Waals surface area contributed by atoms with Gasteiger partial charge in [-0.2, -0.15) is 0 Å². The van der Waals surface area contributed by atoms with Crippen LogP contribution in [0, 0.1) is 0 Å². The molecule has 0 spiro atoms. The third-order valence-corrected chi connectivity index (χ3v) is 4.86. The van der Waals surface area contributed by atoms with E-state index in [9.17, 15) is 9.59 Å². The number of rotatable bonds is 7. The standard InChI is InChI=1S/C16H20N4O2S2.ClH/c1-11(21)18-15-19-14(10-24-15)7-6-12-2-4-13(5-3-12)8-9-23-16(22)20-17;/h2-5,10H,6-9,17H2,1H3,(H,20,22)(H,18,19,21);1H. The van der Waals surface area contributed by atoms with Crippen LogP contribution in [-0.2, 0) is 24.1 Å².